The highest BCUT2D eigenvalue weighted by molar-refractivity contribution is 5.74. The van der Waals surface area contributed by atoms with Gasteiger partial charge in [-0.25, -0.2) is 4.79 Å². The van der Waals surface area contributed by atoms with Crippen LogP contribution >= 0.6 is 0 Å². The number of carbonyl (C=O) groups excluding carboxylic acids is 1. The number of benzene rings is 1. The summed E-state index contributed by atoms with van der Waals surface area (Å²) in [5.41, 5.74) is 1.38. The number of hydrogen-bond donors (Lipinski definition) is 1. The lowest BCUT2D eigenvalue weighted by atomic mass is 9.98. The molecule has 144 valence electrons. The smallest absolute Gasteiger partial charge is 0.317 e. The Morgan fingerprint density at radius 2 is 1.96 bits per heavy atom. The molecule has 0 aromatic heterocycles. The number of piperidine rings is 1. The van der Waals surface area contributed by atoms with Crippen LogP contribution in [0.1, 0.15) is 44.1 Å². The van der Waals surface area contributed by atoms with E-state index in [-0.39, 0.29) is 6.03 Å². The molecule has 1 aromatic carbocycles. The number of rotatable bonds is 6. The molecule has 3 rings (SSSR count). The monoisotopic (exact) mass is 359 g/mol. The first kappa shape index (κ1) is 19.2. The largest absolute Gasteiger partial charge is 0.381 e. The molecule has 0 spiro atoms. The van der Waals surface area contributed by atoms with Crippen molar-refractivity contribution in [2.75, 3.05) is 33.4 Å². The molecule has 2 aliphatic rings. The maximum Gasteiger partial charge on any atom is 0.317 e. The highest BCUT2D eigenvalue weighted by atomic mass is 16.5. The third kappa shape index (κ3) is 5.45. The predicted molar refractivity (Wildman–Crippen MR) is 104 cm³/mol. The molecule has 0 unspecified atom stereocenters. The summed E-state index contributed by atoms with van der Waals surface area (Å²) in [6.45, 7) is 4.46. The number of urea groups is 1. The SMILES string of the molecule is CN(C(=O)NCC[C@H]1CCCCN1Cc1ccccc1)C1CCOCC1. The molecule has 2 amide bonds. The van der Waals surface area contributed by atoms with Gasteiger partial charge in [0.2, 0.25) is 0 Å². The average molecular weight is 360 g/mol. The van der Waals surface area contributed by atoms with E-state index in [1.807, 2.05) is 11.9 Å². The lowest BCUT2D eigenvalue weighted by Crippen LogP contribution is -2.47. The lowest BCUT2D eigenvalue weighted by molar-refractivity contribution is 0.0524. The molecule has 1 N–H and O–H groups in total. The maximum atomic E-state index is 12.4. The first-order valence-electron chi connectivity index (χ1n) is 10.1. The van der Waals surface area contributed by atoms with Crippen LogP contribution in [0, 0.1) is 0 Å². The van der Waals surface area contributed by atoms with Crippen LogP contribution in [0.5, 0.6) is 0 Å². The Labute approximate surface area is 157 Å². The maximum absolute atomic E-state index is 12.4. The number of likely N-dealkylation sites (tertiary alicyclic amines) is 1. The summed E-state index contributed by atoms with van der Waals surface area (Å²) in [4.78, 5) is 16.9. The third-order valence-electron chi connectivity index (χ3n) is 5.79. The second-order valence-electron chi connectivity index (χ2n) is 7.58. The Kier molecular flexibility index (Phi) is 7.32. The lowest BCUT2D eigenvalue weighted by Gasteiger charge is -2.36. The summed E-state index contributed by atoms with van der Waals surface area (Å²) in [6, 6.07) is 11.6. The number of amides is 2. The molecule has 5 heteroatoms. The first-order chi connectivity index (χ1) is 12.7. The number of nitrogens with one attached hydrogen (secondary N) is 1. The van der Waals surface area contributed by atoms with Crippen molar-refractivity contribution >= 4 is 6.03 Å². The van der Waals surface area contributed by atoms with Crippen molar-refractivity contribution in [1.29, 1.82) is 0 Å². The Hall–Kier alpha value is -1.59. The highest BCUT2D eigenvalue weighted by Gasteiger charge is 2.24. The second kappa shape index (κ2) is 9.93. The molecule has 5 nitrogen and oxygen atoms in total. The molecule has 0 bridgehead atoms. The molecule has 0 aliphatic carbocycles. The first-order valence-corrected chi connectivity index (χ1v) is 10.1. The van der Waals surface area contributed by atoms with Crippen molar-refractivity contribution in [2.24, 2.45) is 0 Å². The summed E-state index contributed by atoms with van der Waals surface area (Å²) in [5, 5.41) is 3.13. The molecule has 26 heavy (non-hydrogen) atoms. The third-order valence-corrected chi connectivity index (χ3v) is 5.79. The fraction of sp³-hybridized carbons (Fsp3) is 0.667. The minimum atomic E-state index is 0.0577. The Balaban J connectivity index is 1.43. The van der Waals surface area contributed by atoms with E-state index in [0.29, 0.717) is 12.1 Å². The molecule has 2 fully saturated rings. The van der Waals surface area contributed by atoms with Crippen molar-refractivity contribution in [3.05, 3.63) is 35.9 Å². The Morgan fingerprint density at radius 1 is 1.19 bits per heavy atom. The summed E-state index contributed by atoms with van der Waals surface area (Å²) in [5.74, 6) is 0. The number of nitrogens with zero attached hydrogens (tertiary/aromatic N) is 2. The van der Waals surface area contributed by atoms with Gasteiger partial charge < -0.3 is 15.0 Å². The summed E-state index contributed by atoms with van der Waals surface area (Å²) >= 11 is 0. The van der Waals surface area contributed by atoms with Gasteiger partial charge in [0.05, 0.1) is 0 Å². The van der Waals surface area contributed by atoms with Crippen LogP contribution in [-0.2, 0) is 11.3 Å². The normalized spacial score (nSPS) is 22.1. The van der Waals surface area contributed by atoms with Crippen molar-refractivity contribution < 1.29 is 9.53 Å². The van der Waals surface area contributed by atoms with Crippen LogP contribution in [0.25, 0.3) is 0 Å². The molecule has 1 atom stereocenters. The zero-order valence-corrected chi connectivity index (χ0v) is 16.0. The van der Waals surface area contributed by atoms with E-state index < -0.39 is 0 Å². The van der Waals surface area contributed by atoms with E-state index in [2.05, 4.69) is 40.5 Å². The molecular weight excluding hydrogens is 326 g/mol. The molecule has 2 aliphatic heterocycles. The van der Waals surface area contributed by atoms with E-state index in [9.17, 15) is 4.79 Å². The van der Waals surface area contributed by atoms with Gasteiger partial charge in [-0.1, -0.05) is 36.8 Å². The molecule has 2 heterocycles. The van der Waals surface area contributed by atoms with Crippen LogP contribution in [0.3, 0.4) is 0 Å². The fourth-order valence-electron chi connectivity index (χ4n) is 4.12. The van der Waals surface area contributed by atoms with Gasteiger partial charge in [-0.3, -0.25) is 4.90 Å². The molecule has 1 aromatic rings. The Morgan fingerprint density at radius 3 is 2.73 bits per heavy atom. The van der Waals surface area contributed by atoms with Crippen LogP contribution in [0.4, 0.5) is 4.79 Å². The molecule has 0 saturated carbocycles. The summed E-state index contributed by atoms with van der Waals surface area (Å²) in [6.07, 6.45) is 6.72. The quantitative estimate of drug-likeness (QED) is 0.848. The number of hydrogen-bond acceptors (Lipinski definition) is 3. The second-order valence-corrected chi connectivity index (χ2v) is 7.58. The minimum Gasteiger partial charge on any atom is -0.381 e. The van der Waals surface area contributed by atoms with Gasteiger partial charge in [0.1, 0.15) is 0 Å². The van der Waals surface area contributed by atoms with Crippen LogP contribution in [0.2, 0.25) is 0 Å². The number of ether oxygens (including phenoxy) is 1. The van der Waals surface area contributed by atoms with E-state index in [0.717, 1.165) is 52.1 Å². The predicted octanol–water partition coefficient (Wildman–Crippen LogP) is 3.25. The van der Waals surface area contributed by atoms with Gasteiger partial charge >= 0.3 is 6.03 Å². The summed E-state index contributed by atoms with van der Waals surface area (Å²) in [7, 11) is 1.91. The van der Waals surface area contributed by atoms with Gasteiger partial charge in [0, 0.05) is 45.4 Å². The van der Waals surface area contributed by atoms with Crippen molar-refractivity contribution in [2.45, 2.75) is 57.2 Å². The highest BCUT2D eigenvalue weighted by Crippen LogP contribution is 2.21. The zero-order valence-electron chi connectivity index (χ0n) is 16.0. The van der Waals surface area contributed by atoms with Gasteiger partial charge in [0.15, 0.2) is 0 Å². The fourth-order valence-corrected chi connectivity index (χ4v) is 4.12. The standard InChI is InChI=1S/C21H33N3O2/c1-23(19-11-15-26-16-12-19)21(25)22-13-10-20-9-5-6-14-24(20)17-18-7-3-2-4-8-18/h2-4,7-8,19-20H,5-6,9-17H2,1H3,(H,22,25)/t20-/m1/s1. The van der Waals surface area contributed by atoms with Gasteiger partial charge in [0.25, 0.3) is 0 Å². The van der Waals surface area contributed by atoms with E-state index in [1.165, 1.54) is 24.8 Å². The van der Waals surface area contributed by atoms with Crippen LogP contribution in [-0.4, -0.2) is 61.3 Å². The van der Waals surface area contributed by atoms with E-state index in [1.54, 1.807) is 0 Å². The van der Waals surface area contributed by atoms with Crippen molar-refractivity contribution in [3.8, 4) is 0 Å². The number of carbonyl (C=O) groups is 1. The molecule has 2 saturated heterocycles. The molecular formula is C21H33N3O2. The van der Waals surface area contributed by atoms with Gasteiger partial charge in [-0.05, 0) is 44.2 Å². The van der Waals surface area contributed by atoms with Crippen molar-refractivity contribution in [1.82, 2.24) is 15.1 Å². The minimum absolute atomic E-state index is 0.0577. The average Bonchev–Trinajstić information content (AvgIpc) is 2.70. The molecule has 0 radical (unpaired) electrons. The van der Waals surface area contributed by atoms with Crippen molar-refractivity contribution in [3.63, 3.8) is 0 Å². The zero-order chi connectivity index (χ0) is 18.2. The van der Waals surface area contributed by atoms with Gasteiger partial charge in [-0.15, -0.1) is 0 Å². The Bertz CT molecular complexity index is 545. The van der Waals surface area contributed by atoms with E-state index in [4.69, 9.17) is 4.74 Å². The van der Waals surface area contributed by atoms with Crippen LogP contribution in [0.15, 0.2) is 30.3 Å². The summed E-state index contributed by atoms with van der Waals surface area (Å²) < 4.78 is 5.39. The van der Waals surface area contributed by atoms with Crippen LogP contribution < -0.4 is 5.32 Å². The van der Waals surface area contributed by atoms with Gasteiger partial charge in [-0.2, -0.15) is 0 Å². The van der Waals surface area contributed by atoms with E-state index >= 15 is 0 Å². The topological polar surface area (TPSA) is 44.8 Å².